The fraction of sp³-hybridized carbons (Fsp3) is 1.00. The molecular formula is C3F9LaS+4. The van der Waals surface area contributed by atoms with Crippen LogP contribution in [0, 0.1) is 35.6 Å². The predicted octanol–water partition coefficient (Wildman–Crippen LogP) is 3.16. The van der Waals surface area contributed by atoms with Gasteiger partial charge < -0.3 is 0 Å². The van der Waals surface area contributed by atoms with Crippen molar-refractivity contribution in [3.05, 3.63) is 0 Å². The van der Waals surface area contributed by atoms with Gasteiger partial charge in [0.2, 0.25) is 0 Å². The van der Waals surface area contributed by atoms with Crippen LogP contribution in [0.25, 0.3) is 0 Å². The molecule has 0 saturated carbocycles. The Balaban J connectivity index is 0. The van der Waals surface area contributed by atoms with Gasteiger partial charge >= 0.3 is 63.0 Å². The fourth-order valence-electron chi connectivity index (χ4n) is 0.394. The second-order valence-electron chi connectivity index (χ2n) is 1.64. The minimum Gasteiger partial charge on any atom is -0.122 e. The monoisotopic (exact) mass is 378 g/mol. The van der Waals surface area contributed by atoms with Crippen molar-refractivity contribution in [2.24, 2.45) is 0 Å². The van der Waals surface area contributed by atoms with Gasteiger partial charge in [0.25, 0.3) is 0 Å². The summed E-state index contributed by atoms with van der Waals surface area (Å²) in [5, 5.41) is 0. The number of alkyl halides is 9. The van der Waals surface area contributed by atoms with Gasteiger partial charge in [0, 0.05) is 0 Å². The average molecular weight is 378 g/mol. The Hall–Kier alpha value is 0.915. The van der Waals surface area contributed by atoms with E-state index in [-0.39, 0.29) is 35.6 Å². The summed E-state index contributed by atoms with van der Waals surface area (Å²) < 4.78 is 102. The molecule has 0 atom stereocenters. The van der Waals surface area contributed by atoms with Crippen molar-refractivity contribution in [1.29, 1.82) is 0 Å². The van der Waals surface area contributed by atoms with Crippen molar-refractivity contribution < 1.29 is 75.1 Å². The summed E-state index contributed by atoms with van der Waals surface area (Å²) in [7, 11) is -5.58. The molecule has 11 heteroatoms. The van der Waals surface area contributed by atoms with Gasteiger partial charge in [-0.05, 0) is 0 Å². The Morgan fingerprint density at radius 3 is 0.643 bits per heavy atom. The Bertz CT molecular complexity index is 143. The van der Waals surface area contributed by atoms with E-state index in [2.05, 4.69) is 0 Å². The normalized spacial score (nSPS) is 14.1. The van der Waals surface area contributed by atoms with Gasteiger partial charge in [-0.1, -0.05) is 0 Å². The van der Waals surface area contributed by atoms with Crippen LogP contribution in [-0.4, -0.2) is 16.5 Å². The van der Waals surface area contributed by atoms with Gasteiger partial charge in [0.05, 0.1) is 0 Å². The molecule has 0 saturated heterocycles. The van der Waals surface area contributed by atoms with Crippen LogP contribution < -0.4 is 0 Å². The van der Waals surface area contributed by atoms with Gasteiger partial charge in [0.15, 0.2) is 0 Å². The zero-order chi connectivity index (χ0) is 11.1. The maximum atomic E-state index is 11.3. The average Bonchev–Trinajstić information content (AvgIpc) is 1.44. The summed E-state index contributed by atoms with van der Waals surface area (Å²) in [6, 6.07) is 0. The predicted molar refractivity (Wildman–Crippen MR) is 25.5 cm³/mol. The molecule has 0 aliphatic carbocycles. The zero-order valence-electron chi connectivity index (χ0n) is 5.89. The molecule has 0 fully saturated rings. The maximum Gasteiger partial charge on any atom is 3.00 e. The van der Waals surface area contributed by atoms with Crippen LogP contribution in [0.3, 0.4) is 0 Å². The number of halogens is 9. The van der Waals surface area contributed by atoms with Crippen LogP contribution in [0.5, 0.6) is 0 Å². The molecule has 0 aliphatic rings. The van der Waals surface area contributed by atoms with Crippen LogP contribution >= 0.6 is 0 Å². The largest absolute Gasteiger partial charge is 3.00 e. The summed E-state index contributed by atoms with van der Waals surface area (Å²) in [6.07, 6.45) is 0. The first-order chi connectivity index (χ1) is 5.37. The summed E-state index contributed by atoms with van der Waals surface area (Å²) in [5.41, 5.74) is -19.0. The molecule has 0 amide bonds. The van der Waals surface area contributed by atoms with Gasteiger partial charge in [-0.2, -0.15) is 0 Å². The molecule has 0 spiro atoms. The minimum absolute atomic E-state index is 0. The fourth-order valence-corrected chi connectivity index (χ4v) is 1.18. The Kier molecular flexibility index (Phi) is 5.98. The first kappa shape index (κ1) is 17.3. The molecule has 0 bridgehead atoms. The SMILES string of the molecule is FC(F)(F)[S+](C(F)(F)F)C(F)(F)F.[La+3]. The van der Waals surface area contributed by atoms with Gasteiger partial charge in [0.1, 0.15) is 0 Å². The molecule has 0 rings (SSSR count). The molecule has 0 nitrogen and oxygen atoms in total. The third kappa shape index (κ3) is 5.12. The van der Waals surface area contributed by atoms with Crippen LogP contribution in [0.4, 0.5) is 39.5 Å². The molecular weight excluding hydrogens is 378 g/mol. The van der Waals surface area contributed by atoms with E-state index in [9.17, 15) is 39.5 Å². The third-order valence-electron chi connectivity index (χ3n) is 0.694. The summed E-state index contributed by atoms with van der Waals surface area (Å²) in [4.78, 5) is 0. The number of hydrogen-bond acceptors (Lipinski definition) is 0. The molecule has 0 radical (unpaired) electrons. The second-order valence-corrected chi connectivity index (χ2v) is 3.64. The summed E-state index contributed by atoms with van der Waals surface area (Å²) >= 11 is 0. The van der Waals surface area contributed by atoms with E-state index in [4.69, 9.17) is 0 Å². The van der Waals surface area contributed by atoms with Crippen LogP contribution in [0.15, 0.2) is 0 Å². The zero-order valence-corrected chi connectivity index (χ0v) is 10.3. The maximum absolute atomic E-state index is 11.3. The summed E-state index contributed by atoms with van der Waals surface area (Å²) in [5.74, 6) is 0. The van der Waals surface area contributed by atoms with Gasteiger partial charge in [-0.25, -0.2) is 0 Å². The van der Waals surface area contributed by atoms with Crippen molar-refractivity contribution in [1.82, 2.24) is 0 Å². The van der Waals surface area contributed by atoms with E-state index in [0.29, 0.717) is 0 Å². The topological polar surface area (TPSA) is 0 Å². The van der Waals surface area contributed by atoms with Crippen molar-refractivity contribution in [3.63, 3.8) is 0 Å². The van der Waals surface area contributed by atoms with E-state index in [0.717, 1.165) is 0 Å². The van der Waals surface area contributed by atoms with E-state index < -0.39 is 27.4 Å². The minimum atomic E-state index is -6.34. The molecule has 0 aromatic heterocycles. The number of hydrogen-bond donors (Lipinski definition) is 0. The van der Waals surface area contributed by atoms with Crippen LogP contribution in [0.1, 0.15) is 0 Å². The smallest absolute Gasteiger partial charge is 0.122 e. The van der Waals surface area contributed by atoms with Gasteiger partial charge in [-0.3, -0.25) is 0 Å². The molecule has 0 aromatic carbocycles. The molecule has 80 valence electrons. The Labute approximate surface area is 102 Å². The van der Waals surface area contributed by atoms with Crippen molar-refractivity contribution in [3.8, 4) is 0 Å². The van der Waals surface area contributed by atoms with E-state index in [1.807, 2.05) is 0 Å². The molecule has 0 heterocycles. The van der Waals surface area contributed by atoms with Crippen molar-refractivity contribution >= 4 is 10.9 Å². The van der Waals surface area contributed by atoms with Crippen molar-refractivity contribution in [2.45, 2.75) is 16.5 Å². The number of rotatable bonds is 0. The Morgan fingerprint density at radius 2 is 0.643 bits per heavy atom. The van der Waals surface area contributed by atoms with E-state index in [1.54, 1.807) is 0 Å². The van der Waals surface area contributed by atoms with E-state index in [1.165, 1.54) is 0 Å². The molecule has 0 N–H and O–H groups in total. The van der Waals surface area contributed by atoms with E-state index >= 15 is 0 Å². The Morgan fingerprint density at radius 1 is 0.500 bits per heavy atom. The molecule has 0 aliphatic heterocycles. The molecule has 0 aromatic rings. The third-order valence-corrected chi connectivity index (χ3v) is 2.08. The molecule has 0 unspecified atom stereocenters. The first-order valence-electron chi connectivity index (χ1n) is 2.31. The van der Waals surface area contributed by atoms with Crippen LogP contribution in [-0.2, 0) is 10.9 Å². The summed E-state index contributed by atoms with van der Waals surface area (Å²) in [6.45, 7) is 0. The van der Waals surface area contributed by atoms with Crippen molar-refractivity contribution in [2.75, 3.05) is 0 Å². The van der Waals surface area contributed by atoms with Gasteiger partial charge in [-0.15, -0.1) is 39.5 Å². The second kappa shape index (κ2) is 4.83. The molecule has 14 heavy (non-hydrogen) atoms. The standard InChI is InChI=1S/C3F9S.La/c4-1(5,6)13(2(7,8)9)3(10,11)12;/q+1;+3. The quantitative estimate of drug-likeness (QED) is 0.449. The van der Waals surface area contributed by atoms with Crippen LogP contribution in [0.2, 0.25) is 0 Å². The first-order valence-corrected chi connectivity index (χ1v) is 3.54.